The van der Waals surface area contributed by atoms with Gasteiger partial charge in [0.2, 0.25) is 0 Å². The van der Waals surface area contributed by atoms with Crippen LogP contribution in [0.5, 0.6) is 5.06 Å². The first-order valence-electron chi connectivity index (χ1n) is 4.26. The van der Waals surface area contributed by atoms with Gasteiger partial charge in [-0.05, 0) is 25.1 Å². The van der Waals surface area contributed by atoms with Gasteiger partial charge in [-0.1, -0.05) is 0 Å². The molecule has 13 heavy (non-hydrogen) atoms. The van der Waals surface area contributed by atoms with Crippen molar-refractivity contribution in [2.24, 2.45) is 0 Å². The Balaban J connectivity index is 2.20. The number of methoxy groups -OCH3 is 1. The molecule has 0 bridgehead atoms. The second-order valence-corrected chi connectivity index (χ2v) is 3.78. The topological polar surface area (TPSA) is 21.3 Å². The van der Waals surface area contributed by atoms with Crippen molar-refractivity contribution in [3.8, 4) is 5.06 Å². The fourth-order valence-corrected chi connectivity index (χ4v) is 1.75. The molecular formula is C9H14FNOS. The largest absolute Gasteiger partial charge is 0.487 e. The maximum absolute atomic E-state index is 11.7. The van der Waals surface area contributed by atoms with Crippen molar-refractivity contribution in [3.63, 3.8) is 0 Å². The first-order chi connectivity index (χ1) is 6.36. The molecule has 74 valence electrons. The SMILES string of the molecule is COc1ccc(CNCCCF)s1. The Morgan fingerprint density at radius 2 is 2.38 bits per heavy atom. The van der Waals surface area contributed by atoms with Crippen LogP contribution in [0.15, 0.2) is 12.1 Å². The molecule has 0 amide bonds. The molecule has 0 fully saturated rings. The highest BCUT2D eigenvalue weighted by Crippen LogP contribution is 2.23. The summed E-state index contributed by atoms with van der Waals surface area (Å²) in [5, 5.41) is 4.07. The van der Waals surface area contributed by atoms with Crippen molar-refractivity contribution in [2.75, 3.05) is 20.3 Å². The maximum Gasteiger partial charge on any atom is 0.173 e. The first kappa shape index (κ1) is 10.5. The van der Waals surface area contributed by atoms with Crippen LogP contribution in [-0.4, -0.2) is 20.3 Å². The van der Waals surface area contributed by atoms with E-state index in [2.05, 4.69) is 5.32 Å². The standard InChI is InChI=1S/C9H14FNOS/c1-12-9-4-3-8(13-9)7-11-6-2-5-10/h3-4,11H,2,5-7H2,1H3. The molecule has 0 saturated heterocycles. The van der Waals surface area contributed by atoms with Crippen molar-refractivity contribution < 1.29 is 9.13 Å². The number of ether oxygens (including phenoxy) is 1. The summed E-state index contributed by atoms with van der Waals surface area (Å²) in [7, 11) is 1.66. The van der Waals surface area contributed by atoms with Gasteiger partial charge in [0.15, 0.2) is 5.06 Å². The lowest BCUT2D eigenvalue weighted by Crippen LogP contribution is -2.14. The van der Waals surface area contributed by atoms with Gasteiger partial charge < -0.3 is 10.1 Å². The van der Waals surface area contributed by atoms with Crippen LogP contribution in [0, 0.1) is 0 Å². The number of hydrogen-bond acceptors (Lipinski definition) is 3. The minimum absolute atomic E-state index is 0.249. The summed E-state index contributed by atoms with van der Waals surface area (Å²) < 4.78 is 16.8. The van der Waals surface area contributed by atoms with Crippen molar-refractivity contribution in [1.29, 1.82) is 0 Å². The van der Waals surface area contributed by atoms with E-state index in [0.717, 1.165) is 18.2 Å². The fourth-order valence-electron chi connectivity index (χ4n) is 0.966. The summed E-state index contributed by atoms with van der Waals surface area (Å²) in [6.45, 7) is 1.28. The van der Waals surface area contributed by atoms with E-state index >= 15 is 0 Å². The van der Waals surface area contributed by atoms with Crippen LogP contribution in [0.1, 0.15) is 11.3 Å². The number of halogens is 1. The monoisotopic (exact) mass is 203 g/mol. The molecule has 0 saturated carbocycles. The second kappa shape index (κ2) is 5.94. The molecule has 0 aliphatic carbocycles. The average molecular weight is 203 g/mol. The Bertz CT molecular complexity index is 239. The van der Waals surface area contributed by atoms with E-state index in [4.69, 9.17) is 4.74 Å². The van der Waals surface area contributed by atoms with Crippen molar-refractivity contribution in [3.05, 3.63) is 17.0 Å². The van der Waals surface area contributed by atoms with E-state index in [0.29, 0.717) is 6.42 Å². The lowest BCUT2D eigenvalue weighted by atomic mass is 10.4. The van der Waals surface area contributed by atoms with Gasteiger partial charge in [0.25, 0.3) is 0 Å². The number of thiophene rings is 1. The summed E-state index contributed by atoms with van der Waals surface area (Å²) in [6, 6.07) is 3.96. The Kier molecular flexibility index (Phi) is 4.78. The molecule has 1 N–H and O–H groups in total. The number of nitrogens with one attached hydrogen (secondary N) is 1. The Morgan fingerprint density at radius 1 is 1.54 bits per heavy atom. The lowest BCUT2D eigenvalue weighted by molar-refractivity contribution is 0.427. The summed E-state index contributed by atoms with van der Waals surface area (Å²) in [5.74, 6) is 0. The molecule has 1 rings (SSSR count). The van der Waals surface area contributed by atoms with Gasteiger partial charge in [0, 0.05) is 11.4 Å². The average Bonchev–Trinajstić information content (AvgIpc) is 2.60. The molecule has 0 aromatic carbocycles. The van der Waals surface area contributed by atoms with E-state index in [1.807, 2.05) is 12.1 Å². The van der Waals surface area contributed by atoms with Crippen LogP contribution < -0.4 is 10.1 Å². The third-order valence-corrected chi connectivity index (χ3v) is 2.67. The Morgan fingerprint density at radius 3 is 3.00 bits per heavy atom. The zero-order valence-corrected chi connectivity index (χ0v) is 8.49. The zero-order valence-electron chi connectivity index (χ0n) is 7.68. The number of rotatable bonds is 6. The highest BCUT2D eigenvalue weighted by atomic mass is 32.1. The molecule has 1 aromatic rings. The van der Waals surface area contributed by atoms with Crippen LogP contribution in [0.4, 0.5) is 4.39 Å². The molecule has 2 nitrogen and oxygen atoms in total. The molecule has 0 atom stereocenters. The highest BCUT2D eigenvalue weighted by molar-refractivity contribution is 7.13. The first-order valence-corrected chi connectivity index (χ1v) is 5.08. The van der Waals surface area contributed by atoms with Crippen LogP contribution >= 0.6 is 11.3 Å². The molecular weight excluding hydrogens is 189 g/mol. The molecule has 0 radical (unpaired) electrons. The highest BCUT2D eigenvalue weighted by Gasteiger charge is 1.98. The van der Waals surface area contributed by atoms with Gasteiger partial charge in [-0.25, -0.2) is 0 Å². The third-order valence-electron chi connectivity index (χ3n) is 1.62. The molecule has 0 unspecified atom stereocenters. The van der Waals surface area contributed by atoms with Crippen LogP contribution in [0.3, 0.4) is 0 Å². The molecule has 1 heterocycles. The van der Waals surface area contributed by atoms with E-state index in [1.54, 1.807) is 18.4 Å². The Labute approximate surface area is 81.7 Å². The van der Waals surface area contributed by atoms with Gasteiger partial charge in [-0.2, -0.15) is 0 Å². The van der Waals surface area contributed by atoms with Gasteiger partial charge in [0.1, 0.15) is 0 Å². The fraction of sp³-hybridized carbons (Fsp3) is 0.556. The minimum atomic E-state index is -0.249. The Hall–Kier alpha value is -0.610. The zero-order chi connectivity index (χ0) is 9.52. The molecule has 0 spiro atoms. The van der Waals surface area contributed by atoms with Gasteiger partial charge >= 0.3 is 0 Å². The number of hydrogen-bond donors (Lipinski definition) is 1. The van der Waals surface area contributed by atoms with Crippen LogP contribution in [-0.2, 0) is 6.54 Å². The molecule has 4 heteroatoms. The molecule has 0 aliphatic rings. The summed E-state index contributed by atoms with van der Waals surface area (Å²) in [6.07, 6.45) is 0.586. The maximum atomic E-state index is 11.7. The second-order valence-electron chi connectivity index (χ2n) is 2.64. The van der Waals surface area contributed by atoms with Gasteiger partial charge in [0.05, 0.1) is 13.8 Å². The molecule has 0 aliphatic heterocycles. The quantitative estimate of drug-likeness (QED) is 0.716. The third kappa shape index (κ3) is 3.74. The van der Waals surface area contributed by atoms with Crippen molar-refractivity contribution in [1.82, 2.24) is 5.32 Å². The van der Waals surface area contributed by atoms with E-state index in [1.165, 1.54) is 4.88 Å². The van der Waals surface area contributed by atoms with E-state index < -0.39 is 0 Å². The smallest absolute Gasteiger partial charge is 0.173 e. The summed E-state index contributed by atoms with van der Waals surface area (Å²) in [5.41, 5.74) is 0. The number of alkyl halides is 1. The van der Waals surface area contributed by atoms with E-state index in [9.17, 15) is 4.39 Å². The van der Waals surface area contributed by atoms with E-state index in [-0.39, 0.29) is 6.67 Å². The van der Waals surface area contributed by atoms with Crippen molar-refractivity contribution in [2.45, 2.75) is 13.0 Å². The summed E-state index contributed by atoms with van der Waals surface area (Å²) in [4.78, 5) is 1.22. The predicted molar refractivity (Wildman–Crippen MR) is 53.2 cm³/mol. The van der Waals surface area contributed by atoms with Gasteiger partial charge in [-0.15, -0.1) is 11.3 Å². The van der Waals surface area contributed by atoms with Crippen LogP contribution in [0.25, 0.3) is 0 Å². The van der Waals surface area contributed by atoms with Crippen molar-refractivity contribution >= 4 is 11.3 Å². The summed E-state index contributed by atoms with van der Waals surface area (Å²) >= 11 is 1.61. The minimum Gasteiger partial charge on any atom is -0.487 e. The normalized spacial score (nSPS) is 10.3. The lowest BCUT2D eigenvalue weighted by Gasteiger charge is -1.99. The van der Waals surface area contributed by atoms with Crippen LogP contribution in [0.2, 0.25) is 0 Å². The van der Waals surface area contributed by atoms with Gasteiger partial charge in [-0.3, -0.25) is 4.39 Å². The molecule has 1 aromatic heterocycles. The predicted octanol–water partition coefficient (Wildman–Crippen LogP) is 2.21.